The summed E-state index contributed by atoms with van der Waals surface area (Å²) in [6.07, 6.45) is 1.62. The number of ether oxygens (including phenoxy) is 1. The van der Waals surface area contributed by atoms with Gasteiger partial charge in [-0.25, -0.2) is 9.48 Å². The number of anilines is 1. The molecular formula is C24H23N5O3. The maximum atomic E-state index is 12.9. The number of benzene rings is 2. The molecule has 0 saturated carbocycles. The van der Waals surface area contributed by atoms with E-state index in [0.717, 1.165) is 22.5 Å². The van der Waals surface area contributed by atoms with Crippen molar-refractivity contribution in [3.05, 3.63) is 83.7 Å². The van der Waals surface area contributed by atoms with E-state index < -0.39 is 18.5 Å². The summed E-state index contributed by atoms with van der Waals surface area (Å²) in [5, 5.41) is 11.5. The summed E-state index contributed by atoms with van der Waals surface area (Å²) in [7, 11) is 1.72. The number of esters is 1. The highest BCUT2D eigenvalue weighted by Crippen LogP contribution is 2.25. The summed E-state index contributed by atoms with van der Waals surface area (Å²) in [4.78, 5) is 25.2. The number of aryl methyl sites for hydroxylation is 3. The first-order valence-electron chi connectivity index (χ1n) is 10.1. The molecule has 1 amide bonds. The average molecular weight is 429 g/mol. The minimum absolute atomic E-state index is 0.280. The Hall–Kier alpha value is -4.20. The molecule has 4 aromatic rings. The van der Waals surface area contributed by atoms with Crippen LogP contribution in [-0.2, 0) is 16.6 Å². The molecule has 1 N–H and O–H groups in total. The molecule has 0 fully saturated rings. The molecular weight excluding hydrogens is 406 g/mol. The molecule has 2 aromatic carbocycles. The molecule has 0 spiro atoms. The van der Waals surface area contributed by atoms with E-state index in [0.29, 0.717) is 11.5 Å². The summed E-state index contributed by atoms with van der Waals surface area (Å²) in [6.45, 7) is 3.39. The maximum absolute atomic E-state index is 12.9. The van der Waals surface area contributed by atoms with Crippen molar-refractivity contribution in [2.75, 3.05) is 11.9 Å². The third-order valence-electron chi connectivity index (χ3n) is 4.88. The first kappa shape index (κ1) is 21.0. The van der Waals surface area contributed by atoms with Gasteiger partial charge < -0.3 is 10.1 Å². The van der Waals surface area contributed by atoms with E-state index in [1.54, 1.807) is 28.7 Å². The molecule has 0 saturated heterocycles. The summed E-state index contributed by atoms with van der Waals surface area (Å²) >= 11 is 0. The second-order valence-corrected chi connectivity index (χ2v) is 7.46. The van der Waals surface area contributed by atoms with Gasteiger partial charge in [0.05, 0.1) is 11.4 Å². The quantitative estimate of drug-likeness (QED) is 0.472. The lowest BCUT2D eigenvalue weighted by Crippen LogP contribution is -2.22. The SMILES string of the molecule is Cc1ccc(-c2nn(-c3ccccc3)cc2C(=O)OCC(=O)Nc2cc(C)nn2C)cc1. The van der Waals surface area contributed by atoms with E-state index in [1.807, 2.05) is 68.4 Å². The Morgan fingerprint density at radius 2 is 1.72 bits per heavy atom. The molecule has 0 aliphatic rings. The predicted molar refractivity (Wildman–Crippen MR) is 121 cm³/mol. The van der Waals surface area contributed by atoms with Crippen LogP contribution in [0.4, 0.5) is 5.82 Å². The van der Waals surface area contributed by atoms with Gasteiger partial charge in [0.15, 0.2) is 6.61 Å². The molecule has 0 unspecified atom stereocenters. The molecule has 0 aliphatic carbocycles. The third-order valence-corrected chi connectivity index (χ3v) is 4.88. The predicted octanol–water partition coefficient (Wildman–Crippen LogP) is 3.69. The number of rotatable bonds is 6. The summed E-state index contributed by atoms with van der Waals surface area (Å²) < 4.78 is 8.49. The molecule has 0 atom stereocenters. The Balaban J connectivity index is 1.56. The van der Waals surface area contributed by atoms with Gasteiger partial charge in [0.1, 0.15) is 17.1 Å². The van der Waals surface area contributed by atoms with Crippen LogP contribution in [0.25, 0.3) is 16.9 Å². The van der Waals surface area contributed by atoms with Crippen LogP contribution in [0.5, 0.6) is 0 Å². The van der Waals surface area contributed by atoms with Crippen molar-refractivity contribution in [1.82, 2.24) is 19.6 Å². The molecule has 32 heavy (non-hydrogen) atoms. The van der Waals surface area contributed by atoms with Gasteiger partial charge in [0.25, 0.3) is 5.91 Å². The van der Waals surface area contributed by atoms with Crippen molar-refractivity contribution in [1.29, 1.82) is 0 Å². The second kappa shape index (κ2) is 8.89. The van der Waals surface area contributed by atoms with Crippen LogP contribution in [0.15, 0.2) is 66.9 Å². The Kier molecular flexibility index (Phi) is 5.85. The van der Waals surface area contributed by atoms with Crippen molar-refractivity contribution >= 4 is 17.7 Å². The Morgan fingerprint density at radius 1 is 1.00 bits per heavy atom. The van der Waals surface area contributed by atoms with Crippen LogP contribution in [0.1, 0.15) is 21.6 Å². The fraction of sp³-hybridized carbons (Fsp3) is 0.167. The number of nitrogens with zero attached hydrogens (tertiary/aromatic N) is 4. The van der Waals surface area contributed by atoms with Crippen LogP contribution in [0, 0.1) is 13.8 Å². The van der Waals surface area contributed by atoms with Gasteiger partial charge in [0.2, 0.25) is 0 Å². The van der Waals surface area contributed by atoms with Gasteiger partial charge in [-0.1, -0.05) is 48.0 Å². The third kappa shape index (κ3) is 4.59. The molecule has 8 nitrogen and oxygen atoms in total. The van der Waals surface area contributed by atoms with E-state index in [2.05, 4.69) is 15.5 Å². The van der Waals surface area contributed by atoms with Crippen LogP contribution in [-0.4, -0.2) is 38.0 Å². The Morgan fingerprint density at radius 3 is 2.38 bits per heavy atom. The van der Waals surface area contributed by atoms with Gasteiger partial charge in [-0.05, 0) is 26.0 Å². The summed E-state index contributed by atoms with van der Waals surface area (Å²) in [5.74, 6) is -0.548. The molecule has 162 valence electrons. The molecule has 8 heteroatoms. The van der Waals surface area contributed by atoms with E-state index in [1.165, 1.54) is 0 Å². The van der Waals surface area contributed by atoms with Crippen molar-refractivity contribution in [2.24, 2.45) is 7.05 Å². The zero-order valence-electron chi connectivity index (χ0n) is 18.1. The molecule has 0 radical (unpaired) electrons. The number of amides is 1. The Bertz CT molecular complexity index is 1260. The van der Waals surface area contributed by atoms with Crippen molar-refractivity contribution in [3.8, 4) is 16.9 Å². The fourth-order valence-corrected chi connectivity index (χ4v) is 3.28. The summed E-state index contributed by atoms with van der Waals surface area (Å²) in [5.41, 5.74) is 4.23. The van der Waals surface area contributed by atoms with Gasteiger partial charge >= 0.3 is 5.97 Å². The van der Waals surface area contributed by atoms with E-state index in [-0.39, 0.29) is 5.56 Å². The molecule has 4 rings (SSSR count). The van der Waals surface area contributed by atoms with E-state index in [9.17, 15) is 9.59 Å². The molecule has 2 aromatic heterocycles. The van der Waals surface area contributed by atoms with E-state index >= 15 is 0 Å². The molecule has 0 bridgehead atoms. The van der Waals surface area contributed by atoms with Crippen LogP contribution >= 0.6 is 0 Å². The summed E-state index contributed by atoms with van der Waals surface area (Å²) in [6, 6.07) is 18.9. The van der Waals surface area contributed by atoms with Crippen LogP contribution in [0.3, 0.4) is 0 Å². The Labute approximate surface area is 185 Å². The largest absolute Gasteiger partial charge is 0.452 e. The van der Waals surface area contributed by atoms with E-state index in [4.69, 9.17) is 4.74 Å². The normalized spacial score (nSPS) is 10.7. The van der Waals surface area contributed by atoms with Crippen molar-refractivity contribution in [2.45, 2.75) is 13.8 Å². The molecule has 0 aliphatic heterocycles. The number of para-hydroxylation sites is 1. The first-order chi connectivity index (χ1) is 15.4. The highest BCUT2D eigenvalue weighted by Gasteiger charge is 2.21. The number of hydrogen-bond donors (Lipinski definition) is 1. The number of nitrogens with one attached hydrogen (secondary N) is 1. The standard InChI is InChI=1S/C24H23N5O3/c1-16-9-11-18(12-10-16)23-20(14-29(27-23)19-7-5-4-6-8-19)24(31)32-15-22(30)25-21-13-17(2)26-28(21)3/h4-14H,15H2,1-3H3,(H,25,30). The van der Waals surface area contributed by atoms with Gasteiger partial charge in [-0.3, -0.25) is 9.48 Å². The molecule has 2 heterocycles. The zero-order valence-corrected chi connectivity index (χ0v) is 18.1. The van der Waals surface area contributed by atoms with Gasteiger partial charge in [-0.2, -0.15) is 10.2 Å². The topological polar surface area (TPSA) is 91.0 Å². The van der Waals surface area contributed by atoms with Crippen molar-refractivity contribution < 1.29 is 14.3 Å². The van der Waals surface area contributed by atoms with Gasteiger partial charge in [0, 0.05) is 24.9 Å². The van der Waals surface area contributed by atoms with Gasteiger partial charge in [-0.15, -0.1) is 0 Å². The lowest BCUT2D eigenvalue weighted by atomic mass is 10.1. The smallest absolute Gasteiger partial charge is 0.342 e. The lowest BCUT2D eigenvalue weighted by Gasteiger charge is -2.07. The number of aromatic nitrogens is 4. The average Bonchev–Trinajstić information content (AvgIpc) is 3.36. The number of carbonyl (C=O) groups is 2. The minimum Gasteiger partial charge on any atom is -0.452 e. The fourth-order valence-electron chi connectivity index (χ4n) is 3.28. The highest BCUT2D eigenvalue weighted by molar-refractivity contribution is 5.98. The zero-order chi connectivity index (χ0) is 22.7. The number of hydrogen-bond acceptors (Lipinski definition) is 5. The minimum atomic E-state index is -0.626. The number of carbonyl (C=O) groups excluding carboxylic acids is 2. The second-order valence-electron chi connectivity index (χ2n) is 7.46. The lowest BCUT2D eigenvalue weighted by molar-refractivity contribution is -0.119. The monoisotopic (exact) mass is 429 g/mol. The van der Waals surface area contributed by atoms with Crippen LogP contribution < -0.4 is 5.32 Å². The highest BCUT2D eigenvalue weighted by atomic mass is 16.5. The maximum Gasteiger partial charge on any atom is 0.342 e. The van der Waals surface area contributed by atoms with Crippen molar-refractivity contribution in [3.63, 3.8) is 0 Å². The van der Waals surface area contributed by atoms with Crippen LogP contribution in [0.2, 0.25) is 0 Å². The first-order valence-corrected chi connectivity index (χ1v) is 10.1.